The van der Waals surface area contributed by atoms with Gasteiger partial charge in [-0.05, 0) is 36.5 Å². The van der Waals surface area contributed by atoms with Crippen LogP contribution in [0.2, 0.25) is 0 Å². The molecule has 0 aliphatic heterocycles. The number of urea groups is 1. The minimum absolute atomic E-state index is 0.0190. The highest BCUT2D eigenvalue weighted by molar-refractivity contribution is 7.90. The molecule has 1 fully saturated rings. The number of anilines is 1. The summed E-state index contributed by atoms with van der Waals surface area (Å²) in [6.45, 7) is 0. The topological polar surface area (TPSA) is 88.2 Å². The van der Waals surface area contributed by atoms with Crippen molar-refractivity contribution < 1.29 is 13.2 Å². The minimum Gasteiger partial charge on any atom is -0.331 e. The summed E-state index contributed by atoms with van der Waals surface area (Å²) in [5, 5.41) is 5.67. The Labute approximate surface area is 141 Å². The van der Waals surface area contributed by atoms with Crippen molar-refractivity contribution in [2.24, 2.45) is 5.92 Å². The number of pyridine rings is 1. The van der Waals surface area contributed by atoms with Gasteiger partial charge in [-0.1, -0.05) is 30.3 Å². The van der Waals surface area contributed by atoms with Gasteiger partial charge in [0.25, 0.3) is 0 Å². The van der Waals surface area contributed by atoms with Crippen LogP contribution < -0.4 is 10.6 Å². The van der Waals surface area contributed by atoms with Crippen LogP contribution in [0, 0.1) is 5.92 Å². The Morgan fingerprint density at radius 1 is 1.17 bits per heavy atom. The van der Waals surface area contributed by atoms with Gasteiger partial charge >= 0.3 is 6.03 Å². The van der Waals surface area contributed by atoms with Crippen LogP contribution >= 0.6 is 0 Å². The lowest BCUT2D eigenvalue weighted by atomic mass is 10.0. The molecular formula is C17H19N3O3S. The van der Waals surface area contributed by atoms with Crippen LogP contribution in [0.3, 0.4) is 0 Å². The predicted octanol–water partition coefficient (Wildman–Crippen LogP) is 2.76. The number of nitrogens with one attached hydrogen (secondary N) is 2. The normalized spacial score (nSPS) is 15.5. The summed E-state index contributed by atoms with van der Waals surface area (Å²) in [5.41, 5.74) is 1.53. The van der Waals surface area contributed by atoms with Gasteiger partial charge in [-0.3, -0.25) is 0 Å². The molecule has 126 valence electrons. The van der Waals surface area contributed by atoms with Crippen molar-refractivity contribution in [3.05, 3.63) is 54.2 Å². The van der Waals surface area contributed by atoms with Gasteiger partial charge in [0.15, 0.2) is 14.9 Å². The van der Waals surface area contributed by atoms with Gasteiger partial charge < -0.3 is 10.6 Å². The second kappa shape index (κ2) is 6.60. The molecule has 1 aliphatic rings. The van der Waals surface area contributed by atoms with Crippen LogP contribution in [0.15, 0.2) is 53.7 Å². The third-order valence-corrected chi connectivity index (χ3v) is 4.91. The van der Waals surface area contributed by atoms with Crippen molar-refractivity contribution in [3.63, 3.8) is 0 Å². The number of rotatable bonds is 5. The van der Waals surface area contributed by atoms with Gasteiger partial charge in [0, 0.05) is 6.26 Å². The van der Waals surface area contributed by atoms with E-state index in [0.717, 1.165) is 24.7 Å². The van der Waals surface area contributed by atoms with E-state index in [1.54, 1.807) is 0 Å². The van der Waals surface area contributed by atoms with Crippen molar-refractivity contribution in [3.8, 4) is 0 Å². The molecule has 1 aliphatic carbocycles. The van der Waals surface area contributed by atoms with Crippen LogP contribution in [0.4, 0.5) is 10.5 Å². The van der Waals surface area contributed by atoms with Crippen LogP contribution in [0.5, 0.6) is 0 Å². The van der Waals surface area contributed by atoms with Crippen molar-refractivity contribution in [2.45, 2.75) is 23.9 Å². The lowest BCUT2D eigenvalue weighted by molar-refractivity contribution is 0.247. The summed E-state index contributed by atoms with van der Waals surface area (Å²) < 4.78 is 22.8. The van der Waals surface area contributed by atoms with E-state index in [9.17, 15) is 13.2 Å². The Kier molecular flexibility index (Phi) is 4.53. The number of carbonyl (C=O) groups excluding carboxylic acids is 1. The third-order valence-electron chi connectivity index (χ3n) is 3.91. The van der Waals surface area contributed by atoms with Gasteiger partial charge in [-0.2, -0.15) is 0 Å². The summed E-state index contributed by atoms with van der Waals surface area (Å²) in [6.07, 6.45) is 4.63. The van der Waals surface area contributed by atoms with Crippen LogP contribution in [-0.4, -0.2) is 25.7 Å². The Balaban J connectivity index is 1.66. The van der Waals surface area contributed by atoms with Crippen molar-refractivity contribution in [1.82, 2.24) is 10.3 Å². The Morgan fingerprint density at radius 3 is 2.42 bits per heavy atom. The number of sulfone groups is 1. The molecule has 1 heterocycles. The molecule has 1 aromatic heterocycles. The second-order valence-electron chi connectivity index (χ2n) is 5.98. The van der Waals surface area contributed by atoms with E-state index < -0.39 is 9.84 Å². The van der Waals surface area contributed by atoms with E-state index in [2.05, 4.69) is 15.6 Å². The lowest BCUT2D eigenvalue weighted by Crippen LogP contribution is -2.33. The van der Waals surface area contributed by atoms with Gasteiger partial charge in [0.05, 0.1) is 17.9 Å². The average molecular weight is 345 g/mol. The predicted molar refractivity (Wildman–Crippen MR) is 91.4 cm³/mol. The van der Waals surface area contributed by atoms with Gasteiger partial charge in [0.2, 0.25) is 0 Å². The van der Waals surface area contributed by atoms with Gasteiger partial charge in [-0.25, -0.2) is 18.2 Å². The van der Waals surface area contributed by atoms with Gasteiger partial charge in [0.1, 0.15) is 0 Å². The van der Waals surface area contributed by atoms with Crippen LogP contribution in [0.25, 0.3) is 0 Å². The molecule has 6 nitrogen and oxygen atoms in total. The summed E-state index contributed by atoms with van der Waals surface area (Å²) in [6, 6.07) is 12.4. The molecule has 0 spiro atoms. The number of nitrogens with zero attached hydrogens (tertiary/aromatic N) is 1. The maximum absolute atomic E-state index is 12.2. The summed E-state index contributed by atoms with van der Waals surface area (Å²) in [7, 11) is -3.35. The number of benzene rings is 1. The van der Waals surface area contributed by atoms with Crippen molar-refractivity contribution >= 4 is 21.6 Å². The second-order valence-corrected chi connectivity index (χ2v) is 7.94. The van der Waals surface area contributed by atoms with E-state index in [0.29, 0.717) is 11.6 Å². The molecule has 1 atom stereocenters. The Morgan fingerprint density at radius 2 is 1.88 bits per heavy atom. The first-order chi connectivity index (χ1) is 11.4. The molecule has 1 saturated carbocycles. The number of aromatic nitrogens is 1. The minimum atomic E-state index is -3.35. The zero-order valence-corrected chi connectivity index (χ0v) is 14.1. The molecule has 0 saturated heterocycles. The van der Waals surface area contributed by atoms with E-state index in [1.165, 1.54) is 18.3 Å². The SMILES string of the molecule is CS(=O)(=O)c1ccc(NC(=O)N[C@@H](c2ccccc2)C2CC2)cn1. The first-order valence-electron chi connectivity index (χ1n) is 7.72. The number of carbonyl (C=O) groups is 1. The van der Waals surface area contributed by atoms with Crippen LogP contribution in [-0.2, 0) is 9.84 Å². The monoisotopic (exact) mass is 345 g/mol. The standard InChI is InChI=1S/C17H19N3O3S/c1-24(22,23)15-10-9-14(11-18-15)19-17(21)20-16(13-7-8-13)12-5-3-2-4-6-12/h2-6,9-11,13,16H,7-8H2,1H3,(H2,19,20,21)/t16-/m0/s1. The highest BCUT2D eigenvalue weighted by Gasteiger charge is 2.33. The molecule has 0 bridgehead atoms. The highest BCUT2D eigenvalue weighted by Crippen LogP contribution is 2.40. The Bertz CT molecular complexity index is 816. The van der Waals surface area contributed by atoms with E-state index in [-0.39, 0.29) is 17.1 Å². The van der Waals surface area contributed by atoms with Crippen LogP contribution in [0.1, 0.15) is 24.4 Å². The smallest absolute Gasteiger partial charge is 0.319 e. The molecule has 2 aromatic rings. The molecule has 1 aromatic carbocycles. The molecule has 3 rings (SSSR count). The summed E-state index contributed by atoms with van der Waals surface area (Å²) >= 11 is 0. The van der Waals surface area contributed by atoms with E-state index >= 15 is 0 Å². The Hall–Kier alpha value is -2.41. The zero-order valence-electron chi connectivity index (χ0n) is 13.3. The van der Waals surface area contributed by atoms with Gasteiger partial charge in [-0.15, -0.1) is 0 Å². The summed E-state index contributed by atoms with van der Waals surface area (Å²) in [4.78, 5) is 16.1. The molecule has 0 radical (unpaired) electrons. The fraction of sp³-hybridized carbons (Fsp3) is 0.294. The fourth-order valence-corrected chi connectivity index (χ4v) is 3.10. The highest BCUT2D eigenvalue weighted by atomic mass is 32.2. The molecule has 7 heteroatoms. The number of amides is 2. The molecular weight excluding hydrogens is 326 g/mol. The maximum atomic E-state index is 12.2. The first kappa shape index (κ1) is 16.4. The molecule has 24 heavy (non-hydrogen) atoms. The molecule has 2 amide bonds. The number of hydrogen-bond donors (Lipinski definition) is 2. The third kappa shape index (κ3) is 4.11. The number of hydrogen-bond acceptors (Lipinski definition) is 4. The van der Waals surface area contributed by atoms with E-state index in [4.69, 9.17) is 0 Å². The molecule has 0 unspecified atom stereocenters. The zero-order chi connectivity index (χ0) is 17.2. The summed E-state index contributed by atoms with van der Waals surface area (Å²) in [5.74, 6) is 0.462. The maximum Gasteiger partial charge on any atom is 0.319 e. The molecule has 2 N–H and O–H groups in total. The lowest BCUT2D eigenvalue weighted by Gasteiger charge is -2.19. The average Bonchev–Trinajstić information content (AvgIpc) is 3.38. The largest absolute Gasteiger partial charge is 0.331 e. The van der Waals surface area contributed by atoms with Crippen molar-refractivity contribution in [1.29, 1.82) is 0 Å². The quantitative estimate of drug-likeness (QED) is 0.872. The first-order valence-corrected chi connectivity index (χ1v) is 9.61. The fourth-order valence-electron chi connectivity index (χ4n) is 2.55. The van der Waals surface area contributed by atoms with Crippen molar-refractivity contribution in [2.75, 3.05) is 11.6 Å². The van der Waals surface area contributed by atoms with E-state index in [1.807, 2.05) is 30.3 Å².